The quantitative estimate of drug-likeness (QED) is 0.852. The van der Waals surface area contributed by atoms with E-state index in [1.807, 2.05) is 33.0 Å². The average Bonchev–Trinajstić information content (AvgIpc) is 2.28. The lowest BCUT2D eigenvalue weighted by Gasteiger charge is -2.32. The van der Waals surface area contributed by atoms with Gasteiger partial charge in [-0.3, -0.25) is 0 Å². The molecule has 0 aromatic heterocycles. The molecule has 1 aromatic rings. The van der Waals surface area contributed by atoms with Gasteiger partial charge in [-0.1, -0.05) is 11.6 Å². The molecule has 4 heteroatoms. The van der Waals surface area contributed by atoms with Gasteiger partial charge in [-0.2, -0.15) is 0 Å². The SMILES string of the molecule is CNC(C)(C)C(N)c1cc(Cl)ccc1OC. The van der Waals surface area contributed by atoms with Gasteiger partial charge >= 0.3 is 0 Å². The van der Waals surface area contributed by atoms with Crippen LogP contribution in [0.3, 0.4) is 0 Å². The van der Waals surface area contributed by atoms with Crippen LogP contribution in [-0.4, -0.2) is 19.7 Å². The summed E-state index contributed by atoms with van der Waals surface area (Å²) in [5, 5.41) is 3.85. The molecule has 0 heterocycles. The maximum atomic E-state index is 6.23. The first-order chi connectivity index (χ1) is 7.42. The second kappa shape index (κ2) is 5.04. The minimum absolute atomic E-state index is 0.189. The standard InChI is InChI=1S/C12H19ClN2O/c1-12(2,15-3)11(14)9-7-8(13)5-6-10(9)16-4/h5-7,11,15H,14H2,1-4H3. The van der Waals surface area contributed by atoms with Gasteiger partial charge in [-0.15, -0.1) is 0 Å². The van der Waals surface area contributed by atoms with Gasteiger partial charge in [0, 0.05) is 16.1 Å². The fourth-order valence-corrected chi connectivity index (χ4v) is 1.67. The van der Waals surface area contributed by atoms with Crippen molar-refractivity contribution in [3.63, 3.8) is 0 Å². The van der Waals surface area contributed by atoms with Gasteiger partial charge in [-0.05, 0) is 39.1 Å². The summed E-state index contributed by atoms with van der Waals surface area (Å²) in [4.78, 5) is 0. The summed E-state index contributed by atoms with van der Waals surface area (Å²) in [6.45, 7) is 4.08. The van der Waals surface area contributed by atoms with Crippen LogP contribution in [0.2, 0.25) is 5.02 Å². The largest absolute Gasteiger partial charge is 0.496 e. The molecule has 3 N–H and O–H groups in total. The average molecular weight is 243 g/mol. The first kappa shape index (κ1) is 13.3. The highest BCUT2D eigenvalue weighted by atomic mass is 35.5. The minimum atomic E-state index is -0.224. The molecule has 1 unspecified atom stereocenters. The molecular formula is C12H19ClN2O. The molecule has 1 atom stereocenters. The Morgan fingerprint density at radius 1 is 1.44 bits per heavy atom. The second-order valence-corrected chi connectivity index (χ2v) is 4.77. The summed E-state index contributed by atoms with van der Waals surface area (Å²) in [5.74, 6) is 0.764. The van der Waals surface area contributed by atoms with Crippen molar-refractivity contribution in [2.75, 3.05) is 14.2 Å². The molecule has 1 aromatic carbocycles. The van der Waals surface area contributed by atoms with Crippen molar-refractivity contribution in [1.29, 1.82) is 0 Å². The van der Waals surface area contributed by atoms with Crippen molar-refractivity contribution in [2.45, 2.75) is 25.4 Å². The number of rotatable bonds is 4. The van der Waals surface area contributed by atoms with E-state index in [2.05, 4.69) is 5.32 Å². The van der Waals surface area contributed by atoms with Crippen LogP contribution in [0.4, 0.5) is 0 Å². The van der Waals surface area contributed by atoms with Crippen molar-refractivity contribution in [1.82, 2.24) is 5.32 Å². The number of likely N-dealkylation sites (N-methyl/N-ethyl adjacent to an activating group) is 1. The smallest absolute Gasteiger partial charge is 0.123 e. The monoisotopic (exact) mass is 242 g/mol. The molecule has 1 rings (SSSR count). The molecule has 0 aliphatic rings. The normalized spacial score (nSPS) is 13.6. The molecule has 0 aliphatic carbocycles. The second-order valence-electron chi connectivity index (χ2n) is 4.34. The molecule has 0 aliphatic heterocycles. The Bertz CT molecular complexity index is 366. The van der Waals surface area contributed by atoms with Crippen LogP contribution in [0, 0.1) is 0 Å². The third-order valence-electron chi connectivity index (χ3n) is 2.95. The number of methoxy groups -OCH3 is 1. The van der Waals surface area contributed by atoms with Crippen molar-refractivity contribution in [3.8, 4) is 5.75 Å². The number of ether oxygens (including phenoxy) is 1. The van der Waals surface area contributed by atoms with E-state index in [-0.39, 0.29) is 11.6 Å². The van der Waals surface area contributed by atoms with Crippen molar-refractivity contribution in [2.24, 2.45) is 5.73 Å². The van der Waals surface area contributed by atoms with Crippen molar-refractivity contribution in [3.05, 3.63) is 28.8 Å². The van der Waals surface area contributed by atoms with E-state index in [9.17, 15) is 0 Å². The lowest BCUT2D eigenvalue weighted by molar-refractivity contribution is 0.334. The zero-order chi connectivity index (χ0) is 12.3. The van der Waals surface area contributed by atoms with Gasteiger partial charge in [0.2, 0.25) is 0 Å². The number of hydrogen-bond acceptors (Lipinski definition) is 3. The van der Waals surface area contributed by atoms with Crippen LogP contribution in [0.5, 0.6) is 5.75 Å². The van der Waals surface area contributed by atoms with Gasteiger partial charge in [-0.25, -0.2) is 0 Å². The predicted octanol–water partition coefficient (Wildman–Crippen LogP) is 2.35. The van der Waals surface area contributed by atoms with Crippen LogP contribution < -0.4 is 15.8 Å². The van der Waals surface area contributed by atoms with E-state index in [0.717, 1.165) is 11.3 Å². The predicted molar refractivity (Wildman–Crippen MR) is 68.1 cm³/mol. The first-order valence-electron chi connectivity index (χ1n) is 5.20. The molecule has 16 heavy (non-hydrogen) atoms. The first-order valence-corrected chi connectivity index (χ1v) is 5.58. The van der Waals surface area contributed by atoms with Crippen LogP contribution in [0.15, 0.2) is 18.2 Å². The Hall–Kier alpha value is -0.770. The van der Waals surface area contributed by atoms with Gasteiger partial charge < -0.3 is 15.8 Å². The van der Waals surface area contributed by atoms with Crippen LogP contribution in [0.25, 0.3) is 0 Å². The van der Waals surface area contributed by atoms with E-state index in [1.165, 1.54) is 0 Å². The summed E-state index contributed by atoms with van der Waals surface area (Å²) in [5.41, 5.74) is 6.91. The Balaban J connectivity index is 3.16. The van der Waals surface area contributed by atoms with E-state index in [1.54, 1.807) is 13.2 Å². The molecule has 0 bridgehead atoms. The topological polar surface area (TPSA) is 47.3 Å². The van der Waals surface area contributed by atoms with Gasteiger partial charge in [0.15, 0.2) is 0 Å². The highest BCUT2D eigenvalue weighted by molar-refractivity contribution is 6.30. The van der Waals surface area contributed by atoms with Crippen LogP contribution >= 0.6 is 11.6 Å². The highest BCUT2D eigenvalue weighted by Gasteiger charge is 2.28. The summed E-state index contributed by atoms with van der Waals surface area (Å²) in [7, 11) is 3.52. The lowest BCUT2D eigenvalue weighted by Crippen LogP contribution is -2.46. The zero-order valence-electron chi connectivity index (χ0n) is 10.2. The molecule has 90 valence electrons. The Morgan fingerprint density at radius 2 is 2.06 bits per heavy atom. The zero-order valence-corrected chi connectivity index (χ0v) is 10.9. The molecule has 0 fully saturated rings. The van der Waals surface area contributed by atoms with E-state index >= 15 is 0 Å². The Kier molecular flexibility index (Phi) is 4.19. The molecule has 0 radical (unpaired) electrons. The van der Waals surface area contributed by atoms with Crippen molar-refractivity contribution < 1.29 is 4.74 Å². The fraction of sp³-hybridized carbons (Fsp3) is 0.500. The van der Waals surface area contributed by atoms with Gasteiger partial charge in [0.05, 0.1) is 13.2 Å². The summed E-state index contributed by atoms with van der Waals surface area (Å²) in [6.07, 6.45) is 0. The third-order valence-corrected chi connectivity index (χ3v) is 3.18. The van der Waals surface area contributed by atoms with Crippen molar-refractivity contribution >= 4 is 11.6 Å². The summed E-state index contributed by atoms with van der Waals surface area (Å²) in [6, 6.07) is 5.29. The van der Waals surface area contributed by atoms with Crippen LogP contribution in [0.1, 0.15) is 25.5 Å². The lowest BCUT2D eigenvalue weighted by atomic mass is 9.89. The van der Waals surface area contributed by atoms with Gasteiger partial charge in [0.25, 0.3) is 0 Å². The molecule has 0 saturated heterocycles. The van der Waals surface area contributed by atoms with E-state index < -0.39 is 0 Å². The highest BCUT2D eigenvalue weighted by Crippen LogP contribution is 2.32. The Labute approximate surface area is 102 Å². The molecule has 0 amide bonds. The maximum Gasteiger partial charge on any atom is 0.123 e. The van der Waals surface area contributed by atoms with Crippen LogP contribution in [-0.2, 0) is 0 Å². The van der Waals surface area contributed by atoms with E-state index in [4.69, 9.17) is 22.1 Å². The summed E-state index contributed by atoms with van der Waals surface area (Å²) >= 11 is 5.98. The fourth-order valence-electron chi connectivity index (χ4n) is 1.49. The number of hydrogen-bond donors (Lipinski definition) is 2. The third kappa shape index (κ3) is 2.67. The molecular weight excluding hydrogens is 224 g/mol. The molecule has 3 nitrogen and oxygen atoms in total. The van der Waals surface area contributed by atoms with Gasteiger partial charge in [0.1, 0.15) is 5.75 Å². The minimum Gasteiger partial charge on any atom is -0.496 e. The number of nitrogens with two attached hydrogens (primary N) is 1. The Morgan fingerprint density at radius 3 is 2.56 bits per heavy atom. The summed E-state index contributed by atoms with van der Waals surface area (Å²) < 4.78 is 5.29. The number of benzene rings is 1. The number of halogens is 1. The van der Waals surface area contributed by atoms with E-state index in [0.29, 0.717) is 5.02 Å². The number of nitrogens with one attached hydrogen (secondary N) is 1. The molecule has 0 saturated carbocycles. The molecule has 0 spiro atoms. The maximum absolute atomic E-state index is 6.23.